The Morgan fingerprint density at radius 3 is 2.59 bits per heavy atom. The first-order valence-electron chi connectivity index (χ1n) is 5.47. The molecule has 0 spiro atoms. The van der Waals surface area contributed by atoms with E-state index >= 15 is 0 Å². The minimum atomic E-state index is -1.47. The van der Waals surface area contributed by atoms with Crippen LogP contribution in [0.1, 0.15) is 5.56 Å². The first-order chi connectivity index (χ1) is 8.31. The quantitative estimate of drug-likeness (QED) is 0.587. The molecule has 1 aromatic heterocycles. The van der Waals surface area contributed by atoms with Crippen molar-refractivity contribution in [3.8, 4) is 0 Å². The highest BCUT2D eigenvalue weighted by Gasteiger charge is 2.11. The SMILES string of the molecule is C=Cc1cccc2c3ccccc3c[p+]([O-])c12. The van der Waals surface area contributed by atoms with E-state index in [-0.39, 0.29) is 0 Å². The van der Waals surface area contributed by atoms with Crippen LogP contribution in [0.25, 0.3) is 27.4 Å². The van der Waals surface area contributed by atoms with Gasteiger partial charge in [0.25, 0.3) is 0 Å². The Labute approximate surface area is 101 Å². The van der Waals surface area contributed by atoms with Gasteiger partial charge in [0, 0.05) is 16.3 Å². The zero-order valence-electron chi connectivity index (χ0n) is 9.26. The molecule has 1 atom stereocenters. The molecule has 0 amide bonds. The fraction of sp³-hybridized carbons (Fsp3) is 0. The summed E-state index contributed by atoms with van der Waals surface area (Å²) in [7, 11) is -1.47. The van der Waals surface area contributed by atoms with Gasteiger partial charge < -0.3 is 4.89 Å². The molecule has 0 saturated carbocycles. The zero-order chi connectivity index (χ0) is 11.8. The van der Waals surface area contributed by atoms with E-state index in [0.717, 1.165) is 26.8 Å². The third-order valence-corrected chi connectivity index (χ3v) is 4.47. The van der Waals surface area contributed by atoms with E-state index in [1.54, 1.807) is 6.08 Å². The van der Waals surface area contributed by atoms with Gasteiger partial charge in [0.2, 0.25) is 0 Å². The van der Waals surface area contributed by atoms with E-state index in [9.17, 15) is 4.89 Å². The van der Waals surface area contributed by atoms with Crippen molar-refractivity contribution in [3.63, 3.8) is 0 Å². The maximum atomic E-state index is 12.3. The van der Waals surface area contributed by atoms with Gasteiger partial charge in [-0.05, 0) is 11.5 Å². The normalized spacial score (nSPS) is 11.9. The number of fused-ring (bicyclic) bond motifs is 3. The molecule has 0 aliphatic rings. The minimum absolute atomic E-state index is 0.913. The lowest BCUT2D eigenvalue weighted by Gasteiger charge is -2.05. The Morgan fingerprint density at radius 2 is 1.76 bits per heavy atom. The third-order valence-electron chi connectivity index (χ3n) is 3.01. The lowest BCUT2D eigenvalue weighted by atomic mass is 10.1. The molecule has 0 fully saturated rings. The van der Waals surface area contributed by atoms with Crippen LogP contribution >= 0.6 is 7.76 Å². The number of benzene rings is 2. The van der Waals surface area contributed by atoms with Crippen LogP contribution in [0.2, 0.25) is 0 Å². The van der Waals surface area contributed by atoms with Crippen molar-refractivity contribution in [2.45, 2.75) is 0 Å². The summed E-state index contributed by atoms with van der Waals surface area (Å²) in [5, 5.41) is 4.20. The first-order valence-corrected chi connectivity index (χ1v) is 6.80. The molecule has 1 heterocycles. The highest BCUT2D eigenvalue weighted by molar-refractivity contribution is 7.48. The van der Waals surface area contributed by atoms with Crippen LogP contribution in [0.3, 0.4) is 0 Å². The lowest BCUT2D eigenvalue weighted by molar-refractivity contribution is -0.149. The highest BCUT2D eigenvalue weighted by atomic mass is 31.1. The van der Waals surface area contributed by atoms with Crippen molar-refractivity contribution in [2.24, 2.45) is 0 Å². The summed E-state index contributed by atoms with van der Waals surface area (Å²) < 4.78 is 0. The van der Waals surface area contributed by atoms with Crippen molar-refractivity contribution < 1.29 is 4.89 Å². The second kappa shape index (κ2) is 3.96. The van der Waals surface area contributed by atoms with Crippen molar-refractivity contribution in [3.05, 3.63) is 60.4 Å². The van der Waals surface area contributed by atoms with E-state index < -0.39 is 7.76 Å². The Hall–Kier alpha value is -1.69. The van der Waals surface area contributed by atoms with Crippen molar-refractivity contribution >= 4 is 35.1 Å². The van der Waals surface area contributed by atoms with Gasteiger partial charge in [0.1, 0.15) is 5.80 Å². The molecule has 0 aliphatic carbocycles. The Balaban J connectivity index is 2.63. The molecule has 0 saturated heterocycles. The van der Waals surface area contributed by atoms with Gasteiger partial charge in [-0.15, -0.1) is 0 Å². The molecule has 0 radical (unpaired) electrons. The van der Waals surface area contributed by atoms with Crippen LogP contribution in [0, 0.1) is 0 Å². The van der Waals surface area contributed by atoms with Gasteiger partial charge in [-0.25, -0.2) is 0 Å². The zero-order valence-corrected chi connectivity index (χ0v) is 10.2. The summed E-state index contributed by atoms with van der Waals surface area (Å²) in [4.78, 5) is 12.3. The molecule has 2 heteroatoms. The van der Waals surface area contributed by atoms with Gasteiger partial charge >= 0.3 is 0 Å². The lowest BCUT2D eigenvalue weighted by Crippen LogP contribution is -1.88. The second-order valence-electron chi connectivity index (χ2n) is 3.99. The average Bonchev–Trinajstić information content (AvgIpc) is 2.38. The molecule has 82 valence electrons. The first kappa shape index (κ1) is 10.5. The van der Waals surface area contributed by atoms with Gasteiger partial charge in [0.05, 0.1) is 7.76 Å². The average molecular weight is 238 g/mol. The van der Waals surface area contributed by atoms with Crippen LogP contribution in [-0.4, -0.2) is 0 Å². The van der Waals surface area contributed by atoms with Crippen LogP contribution in [0.4, 0.5) is 0 Å². The topological polar surface area (TPSA) is 23.1 Å². The van der Waals surface area contributed by atoms with Gasteiger partial charge in [0.15, 0.2) is 5.12 Å². The van der Waals surface area contributed by atoms with E-state index in [0.29, 0.717) is 0 Å². The summed E-state index contributed by atoms with van der Waals surface area (Å²) in [6, 6.07) is 14.0. The minimum Gasteiger partial charge on any atom is -0.626 e. The van der Waals surface area contributed by atoms with Crippen LogP contribution in [0.15, 0.2) is 54.8 Å². The third kappa shape index (κ3) is 1.56. The van der Waals surface area contributed by atoms with Crippen LogP contribution in [-0.2, 0) is 0 Å². The second-order valence-corrected chi connectivity index (χ2v) is 5.35. The molecule has 3 aromatic rings. The molecular formula is C15H11OP. The molecule has 2 aromatic carbocycles. The van der Waals surface area contributed by atoms with E-state index in [4.69, 9.17) is 0 Å². The smallest absolute Gasteiger partial charge is 0.159 e. The summed E-state index contributed by atoms with van der Waals surface area (Å²) in [6.07, 6.45) is 1.77. The van der Waals surface area contributed by atoms with Crippen molar-refractivity contribution in [1.82, 2.24) is 0 Å². The summed E-state index contributed by atoms with van der Waals surface area (Å²) >= 11 is 0. The molecule has 17 heavy (non-hydrogen) atoms. The Bertz CT molecular complexity index is 731. The summed E-state index contributed by atoms with van der Waals surface area (Å²) in [5.74, 6) is 1.85. The summed E-state index contributed by atoms with van der Waals surface area (Å²) in [5.41, 5.74) is 0.967. The number of rotatable bonds is 1. The predicted octanol–water partition coefficient (Wildman–Crippen LogP) is 4.03. The molecule has 0 bridgehead atoms. The predicted molar refractivity (Wildman–Crippen MR) is 74.1 cm³/mol. The molecular weight excluding hydrogens is 227 g/mol. The van der Waals surface area contributed by atoms with Gasteiger partial charge in [-0.1, -0.05) is 49.1 Å². The molecule has 3 rings (SSSR count). The van der Waals surface area contributed by atoms with Crippen LogP contribution < -0.4 is 4.89 Å². The number of hydrogen-bond acceptors (Lipinski definition) is 1. The monoisotopic (exact) mass is 238 g/mol. The van der Waals surface area contributed by atoms with E-state index in [1.807, 2.05) is 42.2 Å². The Morgan fingerprint density at radius 1 is 1.00 bits per heavy atom. The largest absolute Gasteiger partial charge is 0.626 e. The van der Waals surface area contributed by atoms with Crippen molar-refractivity contribution in [2.75, 3.05) is 0 Å². The van der Waals surface area contributed by atoms with E-state index in [2.05, 4.69) is 12.6 Å². The standard InChI is InChI=1S/C15H11OP/c1-2-11-7-5-9-14-13-8-4-3-6-12(13)10-17(16)15(11)14/h2-10H,1H2. The van der Waals surface area contributed by atoms with Crippen molar-refractivity contribution in [1.29, 1.82) is 0 Å². The highest BCUT2D eigenvalue weighted by Crippen LogP contribution is 2.39. The summed E-state index contributed by atoms with van der Waals surface area (Å²) in [6.45, 7) is 3.79. The van der Waals surface area contributed by atoms with Gasteiger partial charge in [-0.3, -0.25) is 0 Å². The molecule has 0 aliphatic heterocycles. The maximum Gasteiger partial charge on any atom is 0.159 e. The van der Waals surface area contributed by atoms with Gasteiger partial charge in [-0.2, -0.15) is 0 Å². The van der Waals surface area contributed by atoms with Crippen LogP contribution in [0.5, 0.6) is 0 Å². The molecule has 0 N–H and O–H groups in total. The maximum absolute atomic E-state index is 12.3. The Kier molecular flexibility index (Phi) is 2.44. The van der Waals surface area contributed by atoms with E-state index in [1.165, 1.54) is 0 Å². The fourth-order valence-corrected chi connectivity index (χ4v) is 3.69. The number of hydrogen-bond donors (Lipinski definition) is 0. The molecule has 1 nitrogen and oxygen atoms in total. The molecule has 1 unspecified atom stereocenters. The fourth-order valence-electron chi connectivity index (χ4n) is 2.24.